The fourth-order valence-electron chi connectivity index (χ4n) is 3.58. The van der Waals surface area contributed by atoms with E-state index in [1.165, 1.54) is 4.90 Å². The van der Waals surface area contributed by atoms with Crippen molar-refractivity contribution < 1.29 is 14.7 Å². The van der Waals surface area contributed by atoms with Crippen LogP contribution in [-0.2, 0) is 4.79 Å². The van der Waals surface area contributed by atoms with Crippen molar-refractivity contribution in [2.45, 2.75) is 46.6 Å². The van der Waals surface area contributed by atoms with Crippen LogP contribution in [0.4, 0.5) is 0 Å². The largest absolute Gasteiger partial charge is 0.480 e. The number of aliphatic carboxylic acids is 1. The predicted molar refractivity (Wildman–Crippen MR) is 98.6 cm³/mol. The van der Waals surface area contributed by atoms with E-state index in [9.17, 15) is 14.7 Å². The van der Waals surface area contributed by atoms with Crippen molar-refractivity contribution in [1.82, 2.24) is 14.7 Å². The molecule has 2 heterocycles. The third-order valence-electron chi connectivity index (χ3n) is 5.24. The number of carbonyl (C=O) groups excluding carboxylic acids is 1. The molecule has 1 N–H and O–H groups in total. The van der Waals surface area contributed by atoms with Gasteiger partial charge in [-0.3, -0.25) is 4.79 Å². The smallest absolute Gasteiger partial charge is 0.326 e. The number of carboxylic acids is 1. The van der Waals surface area contributed by atoms with E-state index < -0.39 is 12.0 Å². The highest BCUT2D eigenvalue weighted by Crippen LogP contribution is 2.26. The summed E-state index contributed by atoms with van der Waals surface area (Å²) >= 11 is 0. The topological polar surface area (TPSA) is 75.4 Å². The van der Waals surface area contributed by atoms with Gasteiger partial charge >= 0.3 is 5.97 Å². The van der Waals surface area contributed by atoms with Gasteiger partial charge < -0.3 is 10.0 Å². The number of benzene rings is 1. The Hall–Kier alpha value is -2.63. The summed E-state index contributed by atoms with van der Waals surface area (Å²) in [5.74, 6) is -0.887. The van der Waals surface area contributed by atoms with E-state index in [1.807, 2.05) is 45.9 Å². The quantitative estimate of drug-likeness (QED) is 0.918. The molecular weight excluding hydrogens is 330 g/mol. The van der Waals surface area contributed by atoms with Gasteiger partial charge in [0.15, 0.2) is 0 Å². The highest BCUT2D eigenvalue weighted by atomic mass is 16.4. The fraction of sp³-hybridized carbons (Fsp3) is 0.450. The van der Waals surface area contributed by atoms with E-state index in [4.69, 9.17) is 0 Å². The molecule has 0 aliphatic carbocycles. The first-order chi connectivity index (χ1) is 12.3. The predicted octanol–water partition coefficient (Wildman–Crippen LogP) is 3.12. The standard InChI is InChI=1S/C20H25N3O3/c1-12-5-6-14(3)17(9-12)23-15(4)16(11-21-23)19(24)22-8-7-13(2)10-18(22)20(25)26/h5-6,9,11,13,18H,7-8,10H2,1-4H3,(H,25,26). The van der Waals surface area contributed by atoms with Crippen molar-refractivity contribution in [1.29, 1.82) is 0 Å². The molecule has 138 valence electrons. The maximum atomic E-state index is 13.0. The second kappa shape index (κ2) is 6.94. The summed E-state index contributed by atoms with van der Waals surface area (Å²) in [4.78, 5) is 26.2. The fourth-order valence-corrected chi connectivity index (χ4v) is 3.58. The Morgan fingerprint density at radius 1 is 1.23 bits per heavy atom. The van der Waals surface area contributed by atoms with Crippen molar-refractivity contribution in [3.8, 4) is 5.69 Å². The van der Waals surface area contributed by atoms with Gasteiger partial charge in [0.05, 0.1) is 23.1 Å². The summed E-state index contributed by atoms with van der Waals surface area (Å²) < 4.78 is 1.76. The second-order valence-corrected chi connectivity index (χ2v) is 7.33. The molecule has 2 unspecified atom stereocenters. The number of likely N-dealkylation sites (tertiary alicyclic amines) is 1. The molecule has 0 spiro atoms. The Labute approximate surface area is 153 Å². The zero-order valence-corrected chi connectivity index (χ0v) is 15.7. The van der Waals surface area contributed by atoms with E-state index >= 15 is 0 Å². The van der Waals surface area contributed by atoms with Gasteiger partial charge in [-0.2, -0.15) is 5.10 Å². The summed E-state index contributed by atoms with van der Waals surface area (Å²) in [6, 6.07) is 5.33. The van der Waals surface area contributed by atoms with Gasteiger partial charge in [-0.1, -0.05) is 19.1 Å². The van der Waals surface area contributed by atoms with E-state index in [-0.39, 0.29) is 5.91 Å². The van der Waals surface area contributed by atoms with E-state index in [0.29, 0.717) is 24.4 Å². The molecule has 1 fully saturated rings. The van der Waals surface area contributed by atoms with Gasteiger partial charge in [-0.05, 0) is 56.7 Å². The summed E-state index contributed by atoms with van der Waals surface area (Å²) in [6.07, 6.45) is 2.86. The normalized spacial score (nSPS) is 20.2. The first-order valence-electron chi connectivity index (χ1n) is 8.95. The van der Waals surface area contributed by atoms with Gasteiger partial charge in [0.1, 0.15) is 6.04 Å². The van der Waals surface area contributed by atoms with Crippen molar-refractivity contribution in [2.75, 3.05) is 6.54 Å². The van der Waals surface area contributed by atoms with E-state index in [2.05, 4.69) is 5.10 Å². The molecule has 1 amide bonds. The van der Waals surface area contributed by atoms with Crippen molar-refractivity contribution in [3.63, 3.8) is 0 Å². The highest BCUT2D eigenvalue weighted by molar-refractivity contribution is 5.97. The van der Waals surface area contributed by atoms with Crippen LogP contribution in [0.1, 0.15) is 46.9 Å². The molecule has 1 aliphatic rings. The zero-order valence-electron chi connectivity index (χ0n) is 15.7. The number of hydrogen-bond donors (Lipinski definition) is 1. The molecule has 1 aliphatic heterocycles. The van der Waals surface area contributed by atoms with Crippen LogP contribution in [0.3, 0.4) is 0 Å². The molecule has 6 nitrogen and oxygen atoms in total. The van der Waals surface area contributed by atoms with Crippen LogP contribution < -0.4 is 0 Å². The molecule has 0 radical (unpaired) electrons. The lowest BCUT2D eigenvalue weighted by Crippen LogP contribution is -2.49. The number of rotatable bonds is 3. The van der Waals surface area contributed by atoms with Gasteiger partial charge in [0, 0.05) is 6.54 Å². The van der Waals surface area contributed by atoms with Gasteiger partial charge in [-0.15, -0.1) is 0 Å². The van der Waals surface area contributed by atoms with Crippen LogP contribution in [0.15, 0.2) is 24.4 Å². The number of aromatic nitrogens is 2. The Morgan fingerprint density at radius 2 is 1.96 bits per heavy atom. The maximum absolute atomic E-state index is 13.0. The number of piperidine rings is 1. The summed E-state index contributed by atoms with van der Waals surface area (Å²) in [5.41, 5.74) is 4.31. The van der Waals surface area contributed by atoms with Gasteiger partial charge in [0.25, 0.3) is 5.91 Å². The first-order valence-corrected chi connectivity index (χ1v) is 8.95. The van der Waals surface area contributed by atoms with Gasteiger partial charge in [-0.25, -0.2) is 9.48 Å². The van der Waals surface area contributed by atoms with Crippen molar-refractivity contribution in [3.05, 3.63) is 46.8 Å². The van der Waals surface area contributed by atoms with E-state index in [1.54, 1.807) is 10.9 Å². The third-order valence-corrected chi connectivity index (χ3v) is 5.24. The molecular formula is C20H25N3O3. The minimum atomic E-state index is -0.940. The average molecular weight is 355 g/mol. The van der Waals surface area contributed by atoms with E-state index in [0.717, 1.165) is 28.9 Å². The molecule has 1 saturated heterocycles. The average Bonchev–Trinajstić information content (AvgIpc) is 2.97. The summed E-state index contributed by atoms with van der Waals surface area (Å²) in [7, 11) is 0. The van der Waals surface area contributed by atoms with Crippen molar-refractivity contribution in [2.24, 2.45) is 5.92 Å². The zero-order chi connectivity index (χ0) is 19.0. The summed E-state index contributed by atoms with van der Waals surface area (Å²) in [5, 5.41) is 13.9. The number of amides is 1. The SMILES string of the molecule is Cc1ccc(C)c(-n2ncc(C(=O)N3CCC(C)CC3C(=O)O)c2C)c1. The second-order valence-electron chi connectivity index (χ2n) is 7.33. The van der Waals surface area contributed by atoms with Crippen LogP contribution in [0.2, 0.25) is 0 Å². The third kappa shape index (κ3) is 3.23. The van der Waals surface area contributed by atoms with Crippen LogP contribution >= 0.6 is 0 Å². The van der Waals surface area contributed by atoms with Crippen molar-refractivity contribution >= 4 is 11.9 Å². The Balaban J connectivity index is 1.95. The van der Waals surface area contributed by atoms with Crippen LogP contribution in [0.5, 0.6) is 0 Å². The lowest BCUT2D eigenvalue weighted by molar-refractivity contribution is -0.144. The van der Waals surface area contributed by atoms with Crippen LogP contribution in [-0.4, -0.2) is 44.3 Å². The number of hydrogen-bond acceptors (Lipinski definition) is 3. The Kier molecular flexibility index (Phi) is 4.85. The molecule has 26 heavy (non-hydrogen) atoms. The molecule has 1 aromatic heterocycles. The molecule has 0 bridgehead atoms. The Bertz CT molecular complexity index is 856. The number of aryl methyl sites for hydroxylation is 2. The number of nitrogens with zero attached hydrogens (tertiary/aromatic N) is 3. The molecule has 6 heteroatoms. The minimum absolute atomic E-state index is 0.252. The summed E-state index contributed by atoms with van der Waals surface area (Å²) in [6.45, 7) is 8.36. The maximum Gasteiger partial charge on any atom is 0.326 e. The molecule has 3 rings (SSSR count). The van der Waals surface area contributed by atoms with Crippen LogP contribution in [0, 0.1) is 26.7 Å². The number of carboxylic acid groups (broad SMARTS) is 1. The first kappa shape index (κ1) is 18.2. The Morgan fingerprint density at radius 3 is 2.65 bits per heavy atom. The van der Waals surface area contributed by atoms with Crippen LogP contribution in [0.25, 0.3) is 5.69 Å². The minimum Gasteiger partial charge on any atom is -0.480 e. The molecule has 0 saturated carbocycles. The lowest BCUT2D eigenvalue weighted by atomic mass is 9.92. The highest BCUT2D eigenvalue weighted by Gasteiger charge is 2.36. The number of carbonyl (C=O) groups is 2. The van der Waals surface area contributed by atoms with Gasteiger partial charge in [0.2, 0.25) is 0 Å². The monoisotopic (exact) mass is 355 g/mol. The lowest BCUT2D eigenvalue weighted by Gasteiger charge is -2.35. The molecule has 2 atom stereocenters. The molecule has 2 aromatic rings. The molecule has 1 aromatic carbocycles.